The largest absolute Gasteiger partial charge is 0.491 e. The van der Waals surface area contributed by atoms with E-state index >= 15 is 0 Å². The first-order valence-electron chi connectivity index (χ1n) is 9.86. The lowest BCUT2D eigenvalue weighted by Gasteiger charge is -2.36. The SMILES string of the molecule is CCOC(=O)c1ccc(OCC(O)CN2CCN(c3ccccc3F)CC2)cc1. The lowest BCUT2D eigenvalue weighted by molar-refractivity contribution is 0.0525. The van der Waals surface area contributed by atoms with Gasteiger partial charge in [-0.3, -0.25) is 4.90 Å². The van der Waals surface area contributed by atoms with Crippen LogP contribution >= 0.6 is 0 Å². The maximum Gasteiger partial charge on any atom is 0.338 e. The summed E-state index contributed by atoms with van der Waals surface area (Å²) in [6.07, 6.45) is -0.639. The van der Waals surface area contributed by atoms with Gasteiger partial charge >= 0.3 is 5.97 Å². The highest BCUT2D eigenvalue weighted by Gasteiger charge is 2.21. The first-order chi connectivity index (χ1) is 14.1. The minimum atomic E-state index is -0.639. The monoisotopic (exact) mass is 402 g/mol. The zero-order valence-corrected chi connectivity index (χ0v) is 16.6. The number of aliphatic hydroxyl groups is 1. The minimum Gasteiger partial charge on any atom is -0.491 e. The number of hydrogen-bond donors (Lipinski definition) is 1. The van der Waals surface area contributed by atoms with Crippen LogP contribution in [-0.2, 0) is 4.74 Å². The smallest absolute Gasteiger partial charge is 0.338 e. The van der Waals surface area contributed by atoms with Crippen LogP contribution in [0.3, 0.4) is 0 Å². The van der Waals surface area contributed by atoms with Crippen molar-refractivity contribution in [1.82, 2.24) is 4.90 Å². The quantitative estimate of drug-likeness (QED) is 0.685. The number of rotatable bonds is 8. The summed E-state index contributed by atoms with van der Waals surface area (Å²) in [5.74, 6) is 0.0124. The molecule has 0 spiro atoms. The summed E-state index contributed by atoms with van der Waals surface area (Å²) in [4.78, 5) is 15.8. The Kier molecular flexibility index (Phi) is 7.43. The molecule has 2 aromatic rings. The summed E-state index contributed by atoms with van der Waals surface area (Å²) >= 11 is 0. The van der Waals surface area contributed by atoms with E-state index in [1.54, 1.807) is 43.3 Å². The summed E-state index contributed by atoms with van der Waals surface area (Å²) < 4.78 is 24.5. The van der Waals surface area contributed by atoms with Crippen molar-refractivity contribution in [3.63, 3.8) is 0 Å². The molecule has 2 aromatic carbocycles. The van der Waals surface area contributed by atoms with E-state index in [1.165, 1.54) is 6.07 Å². The molecule has 1 saturated heterocycles. The Labute approximate surface area is 170 Å². The van der Waals surface area contributed by atoms with Gasteiger partial charge in [0.2, 0.25) is 0 Å². The lowest BCUT2D eigenvalue weighted by atomic mass is 10.2. The molecule has 1 atom stereocenters. The van der Waals surface area contributed by atoms with E-state index in [1.807, 2.05) is 11.0 Å². The topological polar surface area (TPSA) is 62.2 Å². The fourth-order valence-corrected chi connectivity index (χ4v) is 3.32. The predicted molar refractivity (Wildman–Crippen MR) is 109 cm³/mol. The van der Waals surface area contributed by atoms with Crippen molar-refractivity contribution in [2.45, 2.75) is 13.0 Å². The Morgan fingerprint density at radius 2 is 1.79 bits per heavy atom. The average molecular weight is 402 g/mol. The molecule has 0 amide bonds. The van der Waals surface area contributed by atoms with Crippen LogP contribution in [0, 0.1) is 5.82 Å². The van der Waals surface area contributed by atoms with Gasteiger partial charge in [0.15, 0.2) is 0 Å². The third-order valence-corrected chi connectivity index (χ3v) is 4.84. The maximum atomic E-state index is 13.9. The predicted octanol–water partition coefficient (Wildman–Crippen LogP) is 2.56. The Morgan fingerprint density at radius 1 is 1.10 bits per heavy atom. The number of carbonyl (C=O) groups is 1. The number of nitrogens with zero attached hydrogens (tertiary/aromatic N) is 2. The Balaban J connectivity index is 1.41. The number of halogens is 1. The van der Waals surface area contributed by atoms with Crippen LogP contribution < -0.4 is 9.64 Å². The zero-order valence-electron chi connectivity index (χ0n) is 16.6. The number of β-amino-alcohol motifs (C(OH)–C–C–N with tert-alkyl or cyclic N) is 1. The molecule has 7 heteroatoms. The summed E-state index contributed by atoms with van der Waals surface area (Å²) in [6, 6.07) is 13.4. The first kappa shape index (κ1) is 21.1. The molecule has 0 bridgehead atoms. The highest BCUT2D eigenvalue weighted by atomic mass is 19.1. The molecule has 0 aromatic heterocycles. The van der Waals surface area contributed by atoms with E-state index < -0.39 is 6.10 Å². The van der Waals surface area contributed by atoms with E-state index in [0.717, 1.165) is 13.1 Å². The number of piperazine rings is 1. The molecular formula is C22H27FN2O4. The number of hydrogen-bond acceptors (Lipinski definition) is 6. The molecule has 0 aliphatic carbocycles. The van der Waals surface area contributed by atoms with Gasteiger partial charge in [-0.1, -0.05) is 12.1 Å². The molecule has 1 aliphatic heterocycles. The summed E-state index contributed by atoms with van der Waals surface area (Å²) in [7, 11) is 0. The van der Waals surface area contributed by atoms with Crippen molar-refractivity contribution in [1.29, 1.82) is 0 Å². The van der Waals surface area contributed by atoms with Crippen molar-refractivity contribution < 1.29 is 23.8 Å². The molecule has 156 valence electrons. The number of para-hydroxylation sites is 1. The summed E-state index contributed by atoms with van der Waals surface area (Å²) in [6.45, 7) is 5.67. The van der Waals surface area contributed by atoms with Crippen LogP contribution in [0.25, 0.3) is 0 Å². The summed E-state index contributed by atoms with van der Waals surface area (Å²) in [5.41, 5.74) is 1.09. The number of aliphatic hydroxyl groups excluding tert-OH is 1. The van der Waals surface area contributed by atoms with Crippen molar-refractivity contribution in [2.75, 3.05) is 50.8 Å². The van der Waals surface area contributed by atoms with Crippen molar-refractivity contribution in [3.05, 3.63) is 59.9 Å². The lowest BCUT2D eigenvalue weighted by Crippen LogP contribution is -2.49. The van der Waals surface area contributed by atoms with E-state index in [9.17, 15) is 14.3 Å². The van der Waals surface area contributed by atoms with Crippen molar-refractivity contribution in [2.24, 2.45) is 0 Å². The molecule has 29 heavy (non-hydrogen) atoms. The Morgan fingerprint density at radius 3 is 2.45 bits per heavy atom. The maximum absolute atomic E-state index is 13.9. The molecule has 1 aliphatic rings. The first-order valence-corrected chi connectivity index (χ1v) is 9.86. The summed E-state index contributed by atoms with van der Waals surface area (Å²) in [5, 5.41) is 10.3. The van der Waals surface area contributed by atoms with E-state index in [2.05, 4.69) is 4.90 Å². The van der Waals surface area contributed by atoms with Gasteiger partial charge < -0.3 is 19.5 Å². The van der Waals surface area contributed by atoms with Gasteiger partial charge in [0.1, 0.15) is 24.3 Å². The van der Waals surface area contributed by atoms with Gasteiger partial charge in [0.25, 0.3) is 0 Å². The molecule has 3 rings (SSSR count). The molecule has 1 N–H and O–H groups in total. The minimum absolute atomic E-state index is 0.159. The van der Waals surface area contributed by atoms with Gasteiger partial charge in [-0.15, -0.1) is 0 Å². The molecule has 6 nitrogen and oxygen atoms in total. The van der Waals surface area contributed by atoms with Crippen LogP contribution in [0.15, 0.2) is 48.5 Å². The average Bonchev–Trinajstić information content (AvgIpc) is 2.74. The van der Waals surface area contributed by atoms with Gasteiger partial charge in [0.05, 0.1) is 17.9 Å². The number of esters is 1. The third kappa shape index (κ3) is 5.92. The fourth-order valence-electron chi connectivity index (χ4n) is 3.32. The molecule has 0 saturated carbocycles. The van der Waals surface area contributed by atoms with Gasteiger partial charge in [0, 0.05) is 32.7 Å². The van der Waals surface area contributed by atoms with E-state index in [-0.39, 0.29) is 18.4 Å². The third-order valence-electron chi connectivity index (χ3n) is 4.84. The molecule has 1 heterocycles. The Hall–Kier alpha value is -2.64. The van der Waals surface area contributed by atoms with Crippen molar-refractivity contribution in [3.8, 4) is 5.75 Å². The van der Waals surface area contributed by atoms with Crippen LogP contribution in [-0.4, -0.2) is 68.0 Å². The highest BCUT2D eigenvalue weighted by Crippen LogP contribution is 2.20. The van der Waals surface area contributed by atoms with Gasteiger partial charge in [-0.05, 0) is 43.3 Å². The van der Waals surface area contributed by atoms with Gasteiger partial charge in [-0.2, -0.15) is 0 Å². The van der Waals surface area contributed by atoms with Crippen LogP contribution in [0.2, 0.25) is 0 Å². The second-order valence-corrected chi connectivity index (χ2v) is 6.95. The van der Waals surface area contributed by atoms with Gasteiger partial charge in [-0.25, -0.2) is 9.18 Å². The number of ether oxygens (including phenoxy) is 2. The van der Waals surface area contributed by atoms with Crippen LogP contribution in [0.1, 0.15) is 17.3 Å². The zero-order chi connectivity index (χ0) is 20.6. The van der Waals surface area contributed by atoms with Crippen LogP contribution in [0.5, 0.6) is 5.75 Å². The molecule has 0 radical (unpaired) electrons. The number of carbonyl (C=O) groups excluding carboxylic acids is 1. The molecule has 1 unspecified atom stereocenters. The second-order valence-electron chi connectivity index (χ2n) is 6.95. The fraction of sp³-hybridized carbons (Fsp3) is 0.409. The molecule has 1 fully saturated rings. The van der Waals surface area contributed by atoms with E-state index in [4.69, 9.17) is 9.47 Å². The standard InChI is InChI=1S/C22H27FN2O4/c1-2-28-22(27)17-7-9-19(10-8-17)29-16-18(26)15-24-11-13-25(14-12-24)21-6-4-3-5-20(21)23/h3-10,18,26H,2,11-16H2,1H3. The van der Waals surface area contributed by atoms with Crippen LogP contribution in [0.4, 0.5) is 10.1 Å². The normalized spacial score (nSPS) is 15.8. The molecular weight excluding hydrogens is 375 g/mol. The number of benzene rings is 2. The number of anilines is 1. The highest BCUT2D eigenvalue weighted by molar-refractivity contribution is 5.89. The Bertz CT molecular complexity index is 792. The second kappa shape index (κ2) is 10.2. The van der Waals surface area contributed by atoms with E-state index in [0.29, 0.717) is 43.2 Å². The van der Waals surface area contributed by atoms with Crippen molar-refractivity contribution >= 4 is 11.7 Å².